The first-order chi connectivity index (χ1) is 16.5. The average Bonchev–Trinajstić information content (AvgIpc) is 3.08. The maximum atomic E-state index is 7.14. The molecule has 4 aliphatic carbocycles. The van der Waals surface area contributed by atoms with Crippen molar-refractivity contribution in [1.29, 1.82) is 5.41 Å². The molecule has 6 rings (SSSR count). The summed E-state index contributed by atoms with van der Waals surface area (Å²) in [6.45, 7) is 21.4. The fraction of sp³-hybridized carbons (Fsp3) is 0.758. The molecule has 0 unspecified atom stereocenters. The van der Waals surface area contributed by atoms with Gasteiger partial charge in [-0.15, -0.1) is 5.41 Å². The molecule has 206 valence electrons. The van der Waals surface area contributed by atoms with Gasteiger partial charge in [-0.3, -0.25) is 0 Å². The smallest absolute Gasteiger partial charge is 0.517 e. The predicted molar refractivity (Wildman–Crippen MR) is 152 cm³/mol. The minimum Gasteiger partial charge on any atom is -0.517 e. The van der Waals surface area contributed by atoms with Gasteiger partial charge in [-0.1, -0.05) is 84.4 Å². The van der Waals surface area contributed by atoms with Gasteiger partial charge in [0.15, 0.2) is 0 Å². The van der Waals surface area contributed by atoms with Crippen LogP contribution < -0.4 is 4.90 Å². The van der Waals surface area contributed by atoms with E-state index in [0.717, 1.165) is 48.6 Å². The second kappa shape index (κ2) is 11.7. The molecule has 2 nitrogen and oxygen atoms in total. The van der Waals surface area contributed by atoms with Crippen molar-refractivity contribution in [3.63, 3.8) is 0 Å². The second-order valence-corrected chi connectivity index (χ2v) is 13.7. The number of rotatable bonds is 6. The molecule has 1 N–H and O–H groups in total. The SMILES string of the molecule is CC(C)c1cccc(C(C)C)c1N1[CH-]C2(CC1(C)C)C1CC3CC(C1)CC2C3.CCCC(=N)CC.[Au+]. The number of hydrogen-bond acceptors (Lipinski definition) is 2. The standard InChI is InChI=1S/C27H40N.C6H13N.Au/c1-17(2)23-8-7-9-24(18(3)4)25(23)28-16-27(15-26(28,5)6)21-11-19-10-20(13-21)14-22(27)12-19;1-3-5-6(7)4-2;/h7-9,16-22H,10-15H2,1-6H3;7H,3-5H2,1-2H3;/q-1;;+1. The van der Waals surface area contributed by atoms with Crippen LogP contribution in [0, 0.1) is 41.0 Å². The van der Waals surface area contributed by atoms with Crippen LogP contribution in [0.25, 0.3) is 0 Å². The van der Waals surface area contributed by atoms with E-state index in [1.54, 1.807) is 12.1 Å². The van der Waals surface area contributed by atoms with E-state index in [2.05, 4.69) is 78.1 Å². The van der Waals surface area contributed by atoms with Gasteiger partial charge >= 0.3 is 22.4 Å². The van der Waals surface area contributed by atoms with Gasteiger partial charge in [0.2, 0.25) is 0 Å². The van der Waals surface area contributed by atoms with Crippen molar-refractivity contribution in [2.45, 2.75) is 131 Å². The monoisotopic (exact) mass is 674 g/mol. The fourth-order valence-corrected chi connectivity index (χ4v) is 8.49. The Morgan fingerprint density at radius 1 is 0.944 bits per heavy atom. The maximum absolute atomic E-state index is 7.14. The van der Waals surface area contributed by atoms with Crippen LogP contribution in [0.5, 0.6) is 0 Å². The predicted octanol–water partition coefficient (Wildman–Crippen LogP) is 9.74. The molecule has 0 radical (unpaired) electrons. The van der Waals surface area contributed by atoms with Crippen molar-refractivity contribution < 1.29 is 22.4 Å². The Balaban J connectivity index is 0.000000400. The van der Waals surface area contributed by atoms with Crippen LogP contribution in [0.15, 0.2) is 18.2 Å². The first-order valence-electron chi connectivity index (χ1n) is 14.9. The van der Waals surface area contributed by atoms with Crippen molar-refractivity contribution in [3.8, 4) is 0 Å². The topological polar surface area (TPSA) is 27.1 Å². The summed E-state index contributed by atoms with van der Waals surface area (Å²) in [5.41, 5.74) is 6.18. The van der Waals surface area contributed by atoms with E-state index in [1.165, 1.54) is 43.2 Å². The Labute approximate surface area is 238 Å². The molecule has 1 heterocycles. The summed E-state index contributed by atoms with van der Waals surface area (Å²) in [7, 11) is 0. The molecule has 36 heavy (non-hydrogen) atoms. The number of nitrogens with zero attached hydrogens (tertiary/aromatic N) is 1. The van der Waals surface area contributed by atoms with Gasteiger partial charge in [0, 0.05) is 16.9 Å². The zero-order valence-corrected chi connectivity index (χ0v) is 26.6. The Morgan fingerprint density at radius 3 is 1.83 bits per heavy atom. The molecule has 0 aromatic heterocycles. The third-order valence-electron chi connectivity index (χ3n) is 9.98. The van der Waals surface area contributed by atoms with Crippen LogP contribution >= 0.6 is 0 Å². The van der Waals surface area contributed by atoms with Crippen LogP contribution in [0.3, 0.4) is 0 Å². The zero-order chi connectivity index (χ0) is 25.5. The molecule has 0 amide bonds. The molecule has 1 aromatic rings. The van der Waals surface area contributed by atoms with Crippen molar-refractivity contribution in [3.05, 3.63) is 35.9 Å². The summed E-state index contributed by atoms with van der Waals surface area (Å²) in [5.74, 6) is 5.12. The van der Waals surface area contributed by atoms with Crippen LogP contribution in [-0.2, 0) is 22.4 Å². The van der Waals surface area contributed by atoms with Crippen molar-refractivity contribution in [2.24, 2.45) is 29.1 Å². The molecule has 3 heteroatoms. The molecular formula is C33H53AuN2. The third kappa shape index (κ3) is 5.57. The van der Waals surface area contributed by atoms with Crippen molar-refractivity contribution >= 4 is 11.4 Å². The summed E-state index contributed by atoms with van der Waals surface area (Å²) in [4.78, 5) is 2.78. The summed E-state index contributed by atoms with van der Waals surface area (Å²) >= 11 is 0. The van der Waals surface area contributed by atoms with E-state index in [9.17, 15) is 0 Å². The summed E-state index contributed by atoms with van der Waals surface area (Å²) < 4.78 is 0. The second-order valence-electron chi connectivity index (χ2n) is 13.7. The Kier molecular flexibility index (Phi) is 9.72. The van der Waals surface area contributed by atoms with Crippen LogP contribution in [0.4, 0.5) is 5.69 Å². The van der Waals surface area contributed by atoms with Gasteiger partial charge < -0.3 is 10.3 Å². The van der Waals surface area contributed by atoms with Crippen LogP contribution in [0.1, 0.15) is 136 Å². The maximum Gasteiger partial charge on any atom is 1.00 e. The first-order valence-corrected chi connectivity index (χ1v) is 14.9. The van der Waals surface area contributed by atoms with E-state index in [-0.39, 0.29) is 27.9 Å². The van der Waals surface area contributed by atoms with Gasteiger partial charge in [-0.05, 0) is 93.6 Å². The number of anilines is 1. The molecule has 0 atom stereocenters. The van der Waals surface area contributed by atoms with Gasteiger partial charge in [0.1, 0.15) is 0 Å². The van der Waals surface area contributed by atoms with E-state index >= 15 is 0 Å². The number of nitrogens with one attached hydrogen (secondary N) is 1. The minimum absolute atomic E-state index is 0. The molecule has 5 fully saturated rings. The van der Waals surface area contributed by atoms with Gasteiger partial charge in [0.25, 0.3) is 0 Å². The zero-order valence-electron chi connectivity index (χ0n) is 24.4. The van der Waals surface area contributed by atoms with Crippen molar-refractivity contribution in [1.82, 2.24) is 0 Å². The quantitative estimate of drug-likeness (QED) is 0.182. The Morgan fingerprint density at radius 2 is 1.44 bits per heavy atom. The molecular weight excluding hydrogens is 621 g/mol. The molecule has 1 aliphatic heterocycles. The molecule has 1 aromatic carbocycles. The molecule has 1 spiro atoms. The molecule has 4 saturated carbocycles. The summed E-state index contributed by atoms with van der Waals surface area (Å²) in [5, 5.41) is 7.14. The minimum atomic E-state index is 0. The van der Waals surface area contributed by atoms with E-state index in [1.807, 2.05) is 6.92 Å². The Bertz CT molecular complexity index is 845. The summed E-state index contributed by atoms with van der Waals surface area (Å²) in [6.07, 6.45) is 12.0. The molecule has 5 aliphatic rings. The number of hydrogen-bond donors (Lipinski definition) is 1. The Hall–Kier alpha value is -0.570. The first kappa shape index (κ1) is 30.0. The van der Waals surface area contributed by atoms with Crippen molar-refractivity contribution in [2.75, 3.05) is 4.90 Å². The largest absolute Gasteiger partial charge is 1.00 e. The van der Waals surface area contributed by atoms with Gasteiger partial charge in [-0.25, -0.2) is 6.54 Å². The average molecular weight is 675 g/mol. The number of para-hydroxylation sites is 1. The number of benzene rings is 1. The molecule has 4 bridgehead atoms. The molecule has 1 saturated heterocycles. The fourth-order valence-electron chi connectivity index (χ4n) is 8.49. The van der Waals surface area contributed by atoms with E-state index in [4.69, 9.17) is 5.41 Å². The van der Waals surface area contributed by atoms with Gasteiger partial charge in [0.05, 0.1) is 0 Å². The van der Waals surface area contributed by atoms with Gasteiger partial charge in [-0.2, -0.15) is 0 Å². The van der Waals surface area contributed by atoms with E-state index in [0.29, 0.717) is 17.3 Å². The van der Waals surface area contributed by atoms with Crippen LogP contribution in [-0.4, -0.2) is 11.3 Å². The van der Waals surface area contributed by atoms with E-state index < -0.39 is 0 Å². The normalized spacial score (nSPS) is 31.6. The third-order valence-corrected chi connectivity index (χ3v) is 9.98. The summed E-state index contributed by atoms with van der Waals surface area (Å²) in [6, 6.07) is 7.06. The van der Waals surface area contributed by atoms with Crippen LogP contribution in [0.2, 0.25) is 0 Å².